The summed E-state index contributed by atoms with van der Waals surface area (Å²) in [6.07, 6.45) is 4.32. The van der Waals surface area contributed by atoms with Gasteiger partial charge in [-0.2, -0.15) is 0 Å². The number of amides is 2. The first-order valence-corrected chi connectivity index (χ1v) is 13.4. The first-order chi connectivity index (χ1) is 19.9. The largest absolute Gasteiger partial charge is 0.493 e. The normalized spacial score (nSPS) is 15.1. The van der Waals surface area contributed by atoms with Crippen LogP contribution in [0.3, 0.4) is 0 Å². The maximum Gasteiger partial charge on any atom is 0.319 e. The van der Waals surface area contributed by atoms with Gasteiger partial charge in [-0.3, -0.25) is 9.88 Å². The summed E-state index contributed by atoms with van der Waals surface area (Å²) in [5.74, 6) is -0.0187. The van der Waals surface area contributed by atoms with Crippen molar-refractivity contribution in [2.24, 2.45) is 0 Å². The number of aromatic nitrogens is 1. The third-order valence-corrected chi connectivity index (χ3v) is 7.22. The lowest BCUT2D eigenvalue weighted by atomic mass is 9.91. The molecule has 7 nitrogen and oxygen atoms in total. The summed E-state index contributed by atoms with van der Waals surface area (Å²) in [5, 5.41) is 6.77. The minimum absolute atomic E-state index is 0.236. The number of para-hydroxylation sites is 1. The standard InChI is InChI=1S/C32H32F2N4O3/c1-20-16-28(24-6-4-5-7-27(24)36-20)37-32(39)35-13-15-38-14-12-22-17-30(40-2)31(41-3)19-25(22)29(38)11-9-21-8-10-23(33)18-26(21)34/h4-11,16-19,29H,12-15H2,1-3H3,(H2,35,36,37,39). The lowest BCUT2D eigenvalue weighted by Crippen LogP contribution is -2.41. The van der Waals surface area contributed by atoms with Gasteiger partial charge in [-0.15, -0.1) is 0 Å². The maximum atomic E-state index is 14.4. The molecule has 3 aromatic carbocycles. The molecule has 0 saturated heterocycles. The number of ether oxygens (including phenoxy) is 2. The van der Waals surface area contributed by atoms with Gasteiger partial charge in [0.2, 0.25) is 0 Å². The molecule has 1 aliphatic heterocycles. The van der Waals surface area contributed by atoms with Crippen LogP contribution in [0.5, 0.6) is 11.5 Å². The zero-order valence-electron chi connectivity index (χ0n) is 23.2. The van der Waals surface area contributed by atoms with E-state index in [0.717, 1.165) is 40.2 Å². The van der Waals surface area contributed by atoms with E-state index >= 15 is 0 Å². The smallest absolute Gasteiger partial charge is 0.319 e. The van der Waals surface area contributed by atoms with Gasteiger partial charge < -0.3 is 20.1 Å². The lowest BCUT2D eigenvalue weighted by molar-refractivity contribution is 0.216. The second-order valence-electron chi connectivity index (χ2n) is 9.87. The number of aryl methyl sites for hydroxylation is 1. The summed E-state index contributed by atoms with van der Waals surface area (Å²) >= 11 is 0. The Morgan fingerprint density at radius 2 is 1.85 bits per heavy atom. The van der Waals surface area contributed by atoms with Crippen molar-refractivity contribution in [1.82, 2.24) is 15.2 Å². The molecule has 1 aliphatic rings. The number of nitrogens with one attached hydrogen (secondary N) is 2. The van der Waals surface area contributed by atoms with Crippen molar-refractivity contribution in [2.75, 3.05) is 39.2 Å². The van der Waals surface area contributed by atoms with Gasteiger partial charge in [0.25, 0.3) is 0 Å². The number of halogens is 2. The fourth-order valence-corrected chi connectivity index (χ4v) is 5.23. The van der Waals surface area contributed by atoms with Crippen LogP contribution in [0.15, 0.2) is 66.7 Å². The Kier molecular flexibility index (Phi) is 8.45. The van der Waals surface area contributed by atoms with Crippen molar-refractivity contribution in [3.05, 3.63) is 101 Å². The molecular weight excluding hydrogens is 526 g/mol. The van der Waals surface area contributed by atoms with Crippen LogP contribution >= 0.6 is 0 Å². The minimum atomic E-state index is -0.631. The van der Waals surface area contributed by atoms with Gasteiger partial charge in [0.05, 0.1) is 31.5 Å². The third-order valence-electron chi connectivity index (χ3n) is 7.22. The molecule has 212 valence electrons. The number of hydrogen-bond acceptors (Lipinski definition) is 5. The number of carbonyl (C=O) groups excluding carboxylic acids is 1. The van der Waals surface area contributed by atoms with Gasteiger partial charge in [0, 0.05) is 42.3 Å². The molecule has 0 bridgehead atoms. The number of benzene rings is 3. The van der Waals surface area contributed by atoms with E-state index in [0.29, 0.717) is 36.8 Å². The van der Waals surface area contributed by atoms with Crippen molar-refractivity contribution < 1.29 is 23.0 Å². The van der Waals surface area contributed by atoms with Gasteiger partial charge in [0.1, 0.15) is 11.6 Å². The lowest BCUT2D eigenvalue weighted by Gasteiger charge is -2.36. The number of hydrogen-bond donors (Lipinski definition) is 2. The van der Waals surface area contributed by atoms with Crippen LogP contribution in [0.2, 0.25) is 0 Å². The monoisotopic (exact) mass is 558 g/mol. The van der Waals surface area contributed by atoms with Crippen LogP contribution < -0.4 is 20.1 Å². The summed E-state index contributed by atoms with van der Waals surface area (Å²) < 4.78 is 38.9. The molecular formula is C32H32F2N4O3. The quantitative estimate of drug-likeness (QED) is 0.267. The fraction of sp³-hybridized carbons (Fsp3) is 0.250. The van der Waals surface area contributed by atoms with Crippen molar-refractivity contribution >= 4 is 28.7 Å². The number of carbonyl (C=O) groups is 1. The molecule has 0 aliphatic carbocycles. The molecule has 5 rings (SSSR count). The highest BCUT2D eigenvalue weighted by Gasteiger charge is 2.27. The Labute approximate surface area is 237 Å². The van der Waals surface area contributed by atoms with Gasteiger partial charge in [-0.25, -0.2) is 13.6 Å². The number of urea groups is 1. The highest BCUT2D eigenvalue weighted by Crippen LogP contribution is 2.39. The average molecular weight is 559 g/mol. The van der Waals surface area contributed by atoms with Crippen molar-refractivity contribution in [2.45, 2.75) is 19.4 Å². The second-order valence-corrected chi connectivity index (χ2v) is 9.87. The molecule has 1 unspecified atom stereocenters. The third kappa shape index (κ3) is 6.30. The van der Waals surface area contributed by atoms with E-state index in [2.05, 4.69) is 20.5 Å². The summed E-state index contributed by atoms with van der Waals surface area (Å²) in [6, 6.07) is 16.4. The highest BCUT2D eigenvalue weighted by molar-refractivity contribution is 6.00. The number of anilines is 1. The summed E-state index contributed by atoms with van der Waals surface area (Å²) in [4.78, 5) is 19.6. The van der Waals surface area contributed by atoms with Crippen LogP contribution in [-0.4, -0.2) is 49.8 Å². The van der Waals surface area contributed by atoms with E-state index in [9.17, 15) is 13.6 Å². The van der Waals surface area contributed by atoms with Gasteiger partial charge >= 0.3 is 6.03 Å². The Bertz CT molecular complexity index is 1610. The fourth-order valence-electron chi connectivity index (χ4n) is 5.23. The molecule has 2 amide bonds. The SMILES string of the molecule is COc1cc2c(cc1OC)C(C=Cc1ccc(F)cc1F)N(CCNC(=O)Nc1cc(C)nc3ccccc13)CC2. The van der Waals surface area contributed by atoms with Crippen molar-refractivity contribution in [1.29, 1.82) is 0 Å². The first-order valence-electron chi connectivity index (χ1n) is 13.4. The zero-order chi connectivity index (χ0) is 28.9. The van der Waals surface area contributed by atoms with Crippen LogP contribution in [0.4, 0.5) is 19.3 Å². The van der Waals surface area contributed by atoms with E-state index in [-0.39, 0.29) is 17.6 Å². The zero-order valence-corrected chi connectivity index (χ0v) is 23.2. The maximum absolute atomic E-state index is 14.4. The average Bonchev–Trinajstić information content (AvgIpc) is 2.96. The van der Waals surface area contributed by atoms with Crippen molar-refractivity contribution in [3.8, 4) is 11.5 Å². The van der Waals surface area contributed by atoms with E-state index in [1.807, 2.05) is 55.5 Å². The Morgan fingerprint density at radius 3 is 2.63 bits per heavy atom. The van der Waals surface area contributed by atoms with Gasteiger partial charge in [-0.05, 0) is 60.9 Å². The Balaban J connectivity index is 1.34. The molecule has 0 saturated carbocycles. The molecule has 1 aromatic heterocycles. The van der Waals surface area contributed by atoms with E-state index in [1.54, 1.807) is 20.3 Å². The van der Waals surface area contributed by atoms with Gasteiger partial charge in [0.15, 0.2) is 11.5 Å². The predicted molar refractivity (Wildman–Crippen MR) is 156 cm³/mol. The van der Waals surface area contributed by atoms with Crippen LogP contribution in [-0.2, 0) is 6.42 Å². The predicted octanol–water partition coefficient (Wildman–Crippen LogP) is 6.27. The number of rotatable bonds is 8. The van der Waals surface area contributed by atoms with Crippen LogP contribution in [0, 0.1) is 18.6 Å². The molecule has 0 fully saturated rings. The number of nitrogens with zero attached hydrogens (tertiary/aromatic N) is 2. The molecule has 9 heteroatoms. The van der Waals surface area contributed by atoms with Crippen LogP contribution in [0.1, 0.15) is 28.4 Å². The Hall–Kier alpha value is -4.50. The highest BCUT2D eigenvalue weighted by atomic mass is 19.1. The molecule has 41 heavy (non-hydrogen) atoms. The molecule has 0 spiro atoms. The second kappa shape index (κ2) is 12.3. The van der Waals surface area contributed by atoms with Crippen molar-refractivity contribution in [3.63, 3.8) is 0 Å². The number of methoxy groups -OCH3 is 2. The molecule has 0 radical (unpaired) electrons. The first kappa shape index (κ1) is 28.0. The number of pyridine rings is 1. The minimum Gasteiger partial charge on any atom is -0.493 e. The summed E-state index contributed by atoms with van der Waals surface area (Å²) in [5.41, 5.74) is 4.70. The molecule has 2 N–H and O–H groups in total. The van der Waals surface area contributed by atoms with E-state index < -0.39 is 11.6 Å². The van der Waals surface area contributed by atoms with E-state index in [4.69, 9.17) is 9.47 Å². The molecule has 4 aromatic rings. The van der Waals surface area contributed by atoms with Crippen LogP contribution in [0.25, 0.3) is 17.0 Å². The molecule has 1 atom stereocenters. The number of fused-ring (bicyclic) bond motifs is 2. The summed E-state index contributed by atoms with van der Waals surface area (Å²) in [7, 11) is 3.18. The summed E-state index contributed by atoms with van der Waals surface area (Å²) in [6.45, 7) is 3.52. The van der Waals surface area contributed by atoms with E-state index in [1.165, 1.54) is 12.1 Å². The molecule has 2 heterocycles. The Morgan fingerprint density at radius 1 is 1.07 bits per heavy atom. The topological polar surface area (TPSA) is 75.7 Å². The van der Waals surface area contributed by atoms with Gasteiger partial charge in [-0.1, -0.05) is 30.4 Å².